The first-order chi connectivity index (χ1) is 13.4. The van der Waals surface area contributed by atoms with Crippen LogP contribution in [-0.2, 0) is 14.4 Å². The van der Waals surface area contributed by atoms with Crippen molar-refractivity contribution in [2.45, 2.75) is 39.2 Å². The molecule has 0 aliphatic carbocycles. The summed E-state index contributed by atoms with van der Waals surface area (Å²) in [4.78, 5) is 41.9. The highest BCUT2D eigenvalue weighted by molar-refractivity contribution is 6.00. The monoisotopic (exact) mass is 387 g/mol. The van der Waals surface area contributed by atoms with Gasteiger partial charge < -0.3 is 14.9 Å². The van der Waals surface area contributed by atoms with Crippen molar-refractivity contribution >= 4 is 23.5 Å². The summed E-state index contributed by atoms with van der Waals surface area (Å²) in [5.41, 5.74) is 1.98. The first-order valence-electron chi connectivity index (χ1n) is 10.0. The van der Waals surface area contributed by atoms with Gasteiger partial charge in [0.2, 0.25) is 11.8 Å². The third-order valence-electron chi connectivity index (χ3n) is 5.86. The van der Waals surface area contributed by atoms with E-state index in [1.165, 1.54) is 0 Å². The van der Waals surface area contributed by atoms with Crippen molar-refractivity contribution in [2.75, 3.05) is 37.6 Å². The molecule has 152 valence electrons. The Balaban J connectivity index is 1.56. The Kier molecular flexibility index (Phi) is 6.34. The second-order valence-electron chi connectivity index (χ2n) is 7.75. The lowest BCUT2D eigenvalue weighted by atomic mass is 10.00. The maximum absolute atomic E-state index is 12.9. The molecule has 7 nitrogen and oxygen atoms in total. The van der Waals surface area contributed by atoms with Gasteiger partial charge in [-0.05, 0) is 38.4 Å². The quantitative estimate of drug-likeness (QED) is 0.804. The molecule has 1 aromatic carbocycles. The van der Waals surface area contributed by atoms with E-state index in [1.54, 1.807) is 4.90 Å². The van der Waals surface area contributed by atoms with Crippen LogP contribution < -0.4 is 4.90 Å². The normalized spacial score (nSPS) is 20.8. The number of anilines is 1. The van der Waals surface area contributed by atoms with E-state index in [2.05, 4.69) is 0 Å². The SMILES string of the molecule is CCN(CC(=O)O)C1CCN(C(=O)C2CC(=O)N(c3ccc(C)cc3)C2)CC1. The Hall–Kier alpha value is -2.41. The largest absolute Gasteiger partial charge is 0.480 e. The molecule has 1 aromatic rings. The van der Waals surface area contributed by atoms with Crippen LogP contribution in [0.15, 0.2) is 24.3 Å². The van der Waals surface area contributed by atoms with Gasteiger partial charge in [-0.15, -0.1) is 0 Å². The van der Waals surface area contributed by atoms with E-state index in [0.29, 0.717) is 26.2 Å². The Morgan fingerprint density at radius 1 is 1.18 bits per heavy atom. The van der Waals surface area contributed by atoms with E-state index >= 15 is 0 Å². The molecule has 2 aliphatic heterocycles. The smallest absolute Gasteiger partial charge is 0.317 e. The van der Waals surface area contributed by atoms with Crippen LogP contribution in [0.5, 0.6) is 0 Å². The number of carboxylic acid groups (broad SMARTS) is 1. The number of benzene rings is 1. The molecule has 0 spiro atoms. The van der Waals surface area contributed by atoms with E-state index in [-0.39, 0.29) is 36.7 Å². The first kappa shape index (κ1) is 20.3. The Labute approximate surface area is 165 Å². The fourth-order valence-corrected chi connectivity index (χ4v) is 4.23. The number of aryl methyl sites for hydroxylation is 1. The molecule has 28 heavy (non-hydrogen) atoms. The van der Waals surface area contributed by atoms with E-state index in [0.717, 1.165) is 24.1 Å². The lowest BCUT2D eigenvalue weighted by Crippen LogP contribution is -2.49. The molecule has 2 saturated heterocycles. The molecule has 1 unspecified atom stereocenters. The van der Waals surface area contributed by atoms with Crippen molar-refractivity contribution in [1.29, 1.82) is 0 Å². The van der Waals surface area contributed by atoms with Gasteiger partial charge in [0.15, 0.2) is 0 Å². The fourth-order valence-electron chi connectivity index (χ4n) is 4.23. The summed E-state index contributed by atoms with van der Waals surface area (Å²) >= 11 is 0. The summed E-state index contributed by atoms with van der Waals surface area (Å²) in [6.45, 7) is 6.36. The summed E-state index contributed by atoms with van der Waals surface area (Å²) in [5, 5.41) is 9.05. The zero-order valence-corrected chi connectivity index (χ0v) is 16.6. The molecular weight excluding hydrogens is 358 g/mol. The van der Waals surface area contributed by atoms with Crippen LogP contribution >= 0.6 is 0 Å². The van der Waals surface area contributed by atoms with Crippen molar-refractivity contribution in [2.24, 2.45) is 5.92 Å². The molecular formula is C21H29N3O4. The summed E-state index contributed by atoms with van der Waals surface area (Å²) < 4.78 is 0. The Morgan fingerprint density at radius 2 is 1.82 bits per heavy atom. The minimum atomic E-state index is -0.818. The number of piperidine rings is 1. The van der Waals surface area contributed by atoms with Gasteiger partial charge in [0.25, 0.3) is 0 Å². The van der Waals surface area contributed by atoms with Gasteiger partial charge in [-0.25, -0.2) is 0 Å². The van der Waals surface area contributed by atoms with Crippen LogP contribution in [0.3, 0.4) is 0 Å². The van der Waals surface area contributed by atoms with Crippen LogP contribution in [0.4, 0.5) is 5.69 Å². The lowest BCUT2D eigenvalue weighted by molar-refractivity contribution is -0.141. The van der Waals surface area contributed by atoms with Crippen LogP contribution in [0, 0.1) is 12.8 Å². The van der Waals surface area contributed by atoms with E-state index in [1.807, 2.05) is 47.9 Å². The molecule has 2 amide bonds. The number of hydrogen-bond acceptors (Lipinski definition) is 4. The molecule has 1 atom stereocenters. The number of aliphatic carboxylic acids is 1. The minimum absolute atomic E-state index is 0.00398. The molecule has 0 saturated carbocycles. The highest BCUT2D eigenvalue weighted by atomic mass is 16.4. The number of carbonyl (C=O) groups excluding carboxylic acids is 2. The summed E-state index contributed by atoms with van der Waals surface area (Å²) in [7, 11) is 0. The molecule has 1 N–H and O–H groups in total. The average molecular weight is 387 g/mol. The third kappa shape index (κ3) is 4.52. The third-order valence-corrected chi connectivity index (χ3v) is 5.86. The predicted octanol–water partition coefficient (Wildman–Crippen LogP) is 1.75. The minimum Gasteiger partial charge on any atom is -0.480 e. The zero-order chi connectivity index (χ0) is 20.3. The van der Waals surface area contributed by atoms with Gasteiger partial charge in [0, 0.05) is 37.8 Å². The zero-order valence-electron chi connectivity index (χ0n) is 16.6. The number of rotatable bonds is 6. The summed E-state index contributed by atoms with van der Waals surface area (Å²) in [5.74, 6) is -1.08. The van der Waals surface area contributed by atoms with Crippen LogP contribution in [-0.4, -0.2) is 71.5 Å². The molecule has 0 aromatic heterocycles. The number of nitrogens with zero attached hydrogens (tertiary/aromatic N) is 3. The van der Waals surface area contributed by atoms with Crippen LogP contribution in [0.1, 0.15) is 31.7 Å². The van der Waals surface area contributed by atoms with Crippen molar-refractivity contribution < 1.29 is 19.5 Å². The van der Waals surface area contributed by atoms with Gasteiger partial charge in [0.05, 0.1) is 12.5 Å². The maximum Gasteiger partial charge on any atom is 0.317 e. The van der Waals surface area contributed by atoms with Crippen LogP contribution in [0.2, 0.25) is 0 Å². The van der Waals surface area contributed by atoms with Gasteiger partial charge in [-0.3, -0.25) is 19.3 Å². The number of carbonyl (C=O) groups is 3. The predicted molar refractivity (Wildman–Crippen MR) is 106 cm³/mol. The van der Waals surface area contributed by atoms with Crippen molar-refractivity contribution in [3.05, 3.63) is 29.8 Å². The lowest BCUT2D eigenvalue weighted by Gasteiger charge is -2.38. The Bertz CT molecular complexity index is 726. The second-order valence-corrected chi connectivity index (χ2v) is 7.75. The number of hydrogen-bond donors (Lipinski definition) is 1. The first-order valence-corrected chi connectivity index (χ1v) is 10.0. The van der Waals surface area contributed by atoms with E-state index in [9.17, 15) is 14.4 Å². The number of likely N-dealkylation sites (tertiary alicyclic amines) is 1. The van der Waals surface area contributed by atoms with E-state index < -0.39 is 5.97 Å². The molecule has 0 radical (unpaired) electrons. The maximum atomic E-state index is 12.9. The molecule has 2 fully saturated rings. The van der Waals surface area contributed by atoms with Crippen molar-refractivity contribution in [1.82, 2.24) is 9.80 Å². The molecule has 0 bridgehead atoms. The summed E-state index contributed by atoms with van der Waals surface area (Å²) in [6, 6.07) is 7.98. The standard InChI is InChI=1S/C21H29N3O4/c1-3-22(14-20(26)27)17-8-10-23(11-9-17)21(28)16-12-19(25)24(13-16)18-6-4-15(2)5-7-18/h4-7,16-17H,3,8-14H2,1-2H3,(H,26,27). The molecule has 7 heteroatoms. The number of carboxylic acids is 1. The topological polar surface area (TPSA) is 81.2 Å². The fraction of sp³-hybridized carbons (Fsp3) is 0.571. The van der Waals surface area contributed by atoms with Gasteiger partial charge in [-0.2, -0.15) is 0 Å². The molecule has 3 rings (SSSR count). The average Bonchev–Trinajstić information content (AvgIpc) is 3.08. The summed E-state index contributed by atoms with van der Waals surface area (Å²) in [6.07, 6.45) is 1.80. The Morgan fingerprint density at radius 3 is 2.39 bits per heavy atom. The van der Waals surface area contributed by atoms with Gasteiger partial charge >= 0.3 is 5.97 Å². The number of amides is 2. The van der Waals surface area contributed by atoms with Crippen molar-refractivity contribution in [3.63, 3.8) is 0 Å². The molecule has 2 aliphatic rings. The van der Waals surface area contributed by atoms with E-state index in [4.69, 9.17) is 5.11 Å². The van der Waals surface area contributed by atoms with Gasteiger partial charge in [0.1, 0.15) is 0 Å². The number of likely N-dealkylation sites (N-methyl/N-ethyl adjacent to an activating group) is 1. The van der Waals surface area contributed by atoms with Gasteiger partial charge in [-0.1, -0.05) is 24.6 Å². The highest BCUT2D eigenvalue weighted by Gasteiger charge is 2.38. The van der Waals surface area contributed by atoms with Crippen LogP contribution in [0.25, 0.3) is 0 Å². The van der Waals surface area contributed by atoms with Crippen molar-refractivity contribution in [3.8, 4) is 0 Å². The second kappa shape index (κ2) is 8.73. The molecule has 2 heterocycles. The highest BCUT2D eigenvalue weighted by Crippen LogP contribution is 2.28.